The molecule has 1 atom stereocenters. The molecule has 0 saturated carbocycles. The van der Waals surface area contributed by atoms with Gasteiger partial charge >= 0.3 is 0 Å². The van der Waals surface area contributed by atoms with Crippen LogP contribution in [0, 0.1) is 5.82 Å². The molecule has 0 aliphatic carbocycles. The molecule has 0 unspecified atom stereocenters. The highest BCUT2D eigenvalue weighted by atomic mass is 35.5. The third-order valence-corrected chi connectivity index (χ3v) is 5.89. The quantitative estimate of drug-likeness (QED) is 0.497. The van der Waals surface area contributed by atoms with Gasteiger partial charge in [-0.25, -0.2) is 4.39 Å². The largest absolute Gasteiger partial charge is 0.357 e. The number of rotatable bonds is 8. The number of hydrogen-bond donors (Lipinski definition) is 1. The average Bonchev–Trinajstić information content (AvgIpc) is 2.80. The summed E-state index contributed by atoms with van der Waals surface area (Å²) in [5, 5.41) is 3.36. The molecule has 0 saturated heterocycles. The van der Waals surface area contributed by atoms with Crippen LogP contribution in [0.3, 0.4) is 0 Å². The van der Waals surface area contributed by atoms with E-state index < -0.39 is 11.9 Å². The van der Waals surface area contributed by atoms with E-state index in [2.05, 4.69) is 5.32 Å². The van der Waals surface area contributed by atoms with E-state index in [4.69, 9.17) is 23.2 Å². The van der Waals surface area contributed by atoms with E-state index in [1.807, 2.05) is 30.3 Å². The Balaban J connectivity index is 1.96. The molecule has 0 heterocycles. The van der Waals surface area contributed by atoms with Crippen molar-refractivity contribution in [1.29, 1.82) is 0 Å². The first-order valence-corrected chi connectivity index (χ1v) is 10.9. The molecular formula is C25H23Cl2FN2O2. The molecule has 1 N–H and O–H groups in total. The highest BCUT2D eigenvalue weighted by Gasteiger charge is 2.30. The molecule has 4 nitrogen and oxygen atoms in total. The van der Waals surface area contributed by atoms with Crippen molar-refractivity contribution in [1.82, 2.24) is 10.2 Å². The van der Waals surface area contributed by atoms with Crippen molar-refractivity contribution in [3.05, 3.63) is 105 Å². The molecule has 0 aliphatic rings. The zero-order chi connectivity index (χ0) is 23.1. The van der Waals surface area contributed by atoms with Gasteiger partial charge in [-0.1, -0.05) is 77.8 Å². The predicted molar refractivity (Wildman–Crippen MR) is 125 cm³/mol. The van der Waals surface area contributed by atoms with E-state index in [1.54, 1.807) is 36.4 Å². The smallest absolute Gasteiger partial charge is 0.242 e. The second-order valence-corrected chi connectivity index (χ2v) is 8.17. The monoisotopic (exact) mass is 472 g/mol. The number of carbonyl (C=O) groups excluding carboxylic acids is 2. The van der Waals surface area contributed by atoms with Crippen LogP contribution >= 0.6 is 23.2 Å². The molecule has 166 valence electrons. The Hall–Kier alpha value is -2.89. The van der Waals surface area contributed by atoms with E-state index in [0.29, 0.717) is 27.6 Å². The molecule has 3 aromatic carbocycles. The Labute approximate surface area is 197 Å². The molecule has 7 heteroatoms. The van der Waals surface area contributed by atoms with Crippen LogP contribution in [0.25, 0.3) is 0 Å². The van der Waals surface area contributed by atoms with Crippen LogP contribution in [0.5, 0.6) is 0 Å². The summed E-state index contributed by atoms with van der Waals surface area (Å²) in [7, 11) is 1.52. The van der Waals surface area contributed by atoms with Crippen LogP contribution in [0.1, 0.15) is 16.7 Å². The fraction of sp³-hybridized carbons (Fsp3) is 0.200. The molecular weight excluding hydrogens is 450 g/mol. The van der Waals surface area contributed by atoms with Crippen LogP contribution in [-0.2, 0) is 29.0 Å². The topological polar surface area (TPSA) is 49.4 Å². The van der Waals surface area contributed by atoms with Gasteiger partial charge in [-0.05, 0) is 29.3 Å². The standard InChI is InChI=1S/C25H23Cl2FN2O2/c1-29-25(32)23(14-17-7-3-2-4-8-17)30(16-19-9-5-6-10-22(19)28)24(31)15-18-11-12-20(26)21(27)13-18/h2-13,23H,14-16H2,1H3,(H,29,32)/t23-/m0/s1. The Morgan fingerprint density at radius 2 is 1.62 bits per heavy atom. The van der Waals surface area contributed by atoms with Crippen LogP contribution in [0.4, 0.5) is 4.39 Å². The van der Waals surface area contributed by atoms with Crippen molar-refractivity contribution in [2.45, 2.75) is 25.4 Å². The molecule has 32 heavy (non-hydrogen) atoms. The third kappa shape index (κ3) is 6.09. The summed E-state index contributed by atoms with van der Waals surface area (Å²) in [6, 6.07) is 19.8. The normalized spacial score (nSPS) is 11.6. The lowest BCUT2D eigenvalue weighted by Gasteiger charge is -2.31. The van der Waals surface area contributed by atoms with Crippen molar-refractivity contribution in [3.8, 4) is 0 Å². The number of nitrogens with zero attached hydrogens (tertiary/aromatic N) is 1. The number of hydrogen-bond acceptors (Lipinski definition) is 2. The first-order valence-electron chi connectivity index (χ1n) is 10.1. The zero-order valence-electron chi connectivity index (χ0n) is 17.5. The lowest BCUT2D eigenvalue weighted by molar-refractivity contribution is -0.140. The fourth-order valence-corrected chi connectivity index (χ4v) is 3.78. The Morgan fingerprint density at radius 1 is 0.938 bits per heavy atom. The minimum Gasteiger partial charge on any atom is -0.357 e. The van der Waals surface area contributed by atoms with Gasteiger partial charge in [0.1, 0.15) is 11.9 Å². The minimum absolute atomic E-state index is 0.00632. The van der Waals surface area contributed by atoms with E-state index in [1.165, 1.54) is 18.0 Å². The van der Waals surface area contributed by atoms with E-state index in [9.17, 15) is 14.0 Å². The highest BCUT2D eigenvalue weighted by Crippen LogP contribution is 2.24. The maximum atomic E-state index is 14.4. The number of nitrogens with one attached hydrogen (secondary N) is 1. The van der Waals surface area contributed by atoms with Gasteiger partial charge < -0.3 is 10.2 Å². The van der Waals surface area contributed by atoms with Gasteiger partial charge in [0.15, 0.2) is 0 Å². The Bertz CT molecular complexity index is 1090. The highest BCUT2D eigenvalue weighted by molar-refractivity contribution is 6.42. The van der Waals surface area contributed by atoms with Gasteiger partial charge in [0.05, 0.1) is 16.5 Å². The zero-order valence-corrected chi connectivity index (χ0v) is 19.0. The number of amides is 2. The van der Waals surface area contributed by atoms with Gasteiger partial charge in [-0.2, -0.15) is 0 Å². The van der Waals surface area contributed by atoms with Gasteiger partial charge in [0.25, 0.3) is 0 Å². The Morgan fingerprint density at radius 3 is 2.28 bits per heavy atom. The second-order valence-electron chi connectivity index (χ2n) is 7.36. The summed E-state index contributed by atoms with van der Waals surface area (Å²) in [4.78, 5) is 27.7. The molecule has 0 aromatic heterocycles. The summed E-state index contributed by atoms with van der Waals surface area (Å²) < 4.78 is 14.4. The van der Waals surface area contributed by atoms with E-state index in [0.717, 1.165) is 5.56 Å². The summed E-state index contributed by atoms with van der Waals surface area (Å²) in [5.41, 5.74) is 1.87. The van der Waals surface area contributed by atoms with Crippen molar-refractivity contribution >= 4 is 35.0 Å². The molecule has 0 fully saturated rings. The van der Waals surface area contributed by atoms with Crippen LogP contribution in [-0.4, -0.2) is 29.8 Å². The molecule has 3 rings (SSSR count). The van der Waals surface area contributed by atoms with Crippen LogP contribution in [0.2, 0.25) is 10.0 Å². The average molecular weight is 473 g/mol. The van der Waals surface area contributed by atoms with Gasteiger partial charge in [0, 0.05) is 25.6 Å². The molecule has 2 amide bonds. The first kappa shape index (κ1) is 23.8. The summed E-state index contributed by atoms with van der Waals surface area (Å²) in [6.45, 7) is -0.0439. The van der Waals surface area contributed by atoms with Crippen LogP contribution in [0.15, 0.2) is 72.8 Å². The van der Waals surface area contributed by atoms with Crippen molar-refractivity contribution < 1.29 is 14.0 Å². The molecule has 0 spiro atoms. The van der Waals surface area contributed by atoms with E-state index >= 15 is 0 Å². The SMILES string of the molecule is CNC(=O)[C@H](Cc1ccccc1)N(Cc1ccccc1F)C(=O)Cc1ccc(Cl)c(Cl)c1. The molecule has 0 radical (unpaired) electrons. The van der Waals surface area contributed by atoms with Crippen LogP contribution < -0.4 is 5.32 Å². The lowest BCUT2D eigenvalue weighted by Crippen LogP contribution is -2.50. The number of benzene rings is 3. The van der Waals surface area contributed by atoms with Gasteiger partial charge in [-0.15, -0.1) is 0 Å². The van der Waals surface area contributed by atoms with Crippen molar-refractivity contribution in [2.75, 3.05) is 7.05 Å². The summed E-state index contributed by atoms with van der Waals surface area (Å²) in [6.07, 6.45) is 0.287. The molecule has 3 aromatic rings. The summed E-state index contributed by atoms with van der Waals surface area (Å²) in [5.74, 6) is -1.08. The number of halogens is 3. The van der Waals surface area contributed by atoms with Crippen molar-refractivity contribution in [3.63, 3.8) is 0 Å². The number of carbonyl (C=O) groups is 2. The second kappa shape index (κ2) is 11.1. The maximum absolute atomic E-state index is 14.4. The van der Waals surface area contributed by atoms with Gasteiger partial charge in [-0.3, -0.25) is 9.59 Å². The summed E-state index contributed by atoms with van der Waals surface area (Å²) >= 11 is 12.1. The van der Waals surface area contributed by atoms with Gasteiger partial charge in [0.2, 0.25) is 11.8 Å². The molecule has 0 bridgehead atoms. The van der Waals surface area contributed by atoms with E-state index in [-0.39, 0.29) is 24.8 Å². The third-order valence-electron chi connectivity index (χ3n) is 5.16. The number of likely N-dealkylation sites (N-methyl/N-ethyl adjacent to an activating group) is 1. The van der Waals surface area contributed by atoms with Crippen molar-refractivity contribution in [2.24, 2.45) is 0 Å². The molecule has 0 aliphatic heterocycles. The minimum atomic E-state index is -0.822. The maximum Gasteiger partial charge on any atom is 0.242 e. The predicted octanol–water partition coefficient (Wildman–Crippen LogP) is 5.06. The first-order chi connectivity index (χ1) is 15.4. The Kier molecular flexibility index (Phi) is 8.26. The fourth-order valence-electron chi connectivity index (χ4n) is 3.46. The lowest BCUT2D eigenvalue weighted by atomic mass is 10.0.